The third-order valence-electron chi connectivity index (χ3n) is 4.81. The number of carbonyl (C=O) groups excluding carboxylic acids is 1. The fourth-order valence-electron chi connectivity index (χ4n) is 3.34. The molecule has 1 aromatic heterocycles. The van der Waals surface area contributed by atoms with Crippen LogP contribution in [0.25, 0.3) is 0 Å². The average molecular weight is 340 g/mol. The van der Waals surface area contributed by atoms with E-state index in [4.69, 9.17) is 9.47 Å². The van der Waals surface area contributed by atoms with Gasteiger partial charge in [0, 0.05) is 38.2 Å². The summed E-state index contributed by atoms with van der Waals surface area (Å²) in [5.41, 5.74) is 0.204. The molecule has 1 amide bonds. The van der Waals surface area contributed by atoms with Crippen LogP contribution in [0.4, 0.5) is 5.95 Å². The van der Waals surface area contributed by atoms with Crippen molar-refractivity contribution in [3.63, 3.8) is 0 Å². The zero-order valence-corrected chi connectivity index (χ0v) is 14.1. The van der Waals surface area contributed by atoms with Gasteiger partial charge < -0.3 is 19.7 Å². The second-order valence-electron chi connectivity index (χ2n) is 6.35. The van der Waals surface area contributed by atoms with Crippen molar-refractivity contribution in [3.8, 4) is 11.6 Å². The van der Waals surface area contributed by atoms with Crippen LogP contribution < -0.4 is 19.7 Å². The van der Waals surface area contributed by atoms with Crippen LogP contribution in [0.15, 0.2) is 36.5 Å². The lowest BCUT2D eigenvalue weighted by atomic mass is 9.91. The predicted molar refractivity (Wildman–Crippen MR) is 92.2 cm³/mol. The minimum absolute atomic E-state index is 0.0777. The van der Waals surface area contributed by atoms with Crippen LogP contribution in [0.2, 0.25) is 0 Å². The number of benzene rings is 1. The predicted octanol–water partition coefficient (Wildman–Crippen LogP) is 1.65. The Labute approximate surface area is 146 Å². The van der Waals surface area contributed by atoms with Crippen LogP contribution in [0.3, 0.4) is 0 Å². The number of amides is 1. The first-order chi connectivity index (χ1) is 12.2. The number of nitrogens with zero attached hydrogens (tertiary/aromatic N) is 3. The van der Waals surface area contributed by atoms with E-state index in [1.54, 1.807) is 25.4 Å². The molecule has 2 aliphatic rings. The highest BCUT2D eigenvalue weighted by molar-refractivity contribution is 5.97. The Morgan fingerprint density at radius 1 is 1.24 bits per heavy atom. The van der Waals surface area contributed by atoms with E-state index in [0.717, 1.165) is 25.9 Å². The number of para-hydroxylation sites is 1. The van der Waals surface area contributed by atoms with Crippen molar-refractivity contribution in [1.29, 1.82) is 0 Å². The molecule has 0 aliphatic carbocycles. The maximum absolute atomic E-state index is 12.3. The summed E-state index contributed by atoms with van der Waals surface area (Å²) < 4.78 is 11.5. The molecule has 130 valence electrons. The summed E-state index contributed by atoms with van der Waals surface area (Å²) in [5.74, 6) is 1.79. The second kappa shape index (κ2) is 6.23. The Morgan fingerprint density at radius 3 is 2.84 bits per heavy atom. The molecule has 3 heterocycles. The molecule has 4 rings (SSSR count). The van der Waals surface area contributed by atoms with E-state index >= 15 is 0 Å². The van der Waals surface area contributed by atoms with Crippen molar-refractivity contribution in [2.24, 2.45) is 0 Å². The highest BCUT2D eigenvalue weighted by Gasteiger charge is 2.40. The fraction of sp³-hybridized carbons (Fsp3) is 0.389. The Morgan fingerprint density at radius 2 is 2.04 bits per heavy atom. The number of aromatic nitrogens is 2. The van der Waals surface area contributed by atoms with E-state index in [-0.39, 0.29) is 5.91 Å². The number of ether oxygens (including phenoxy) is 2. The van der Waals surface area contributed by atoms with Gasteiger partial charge in [0.05, 0.1) is 19.2 Å². The standard InChI is InChI=1S/C18H20N4O3/c1-24-15-6-9-19-17(21-15)22-10-7-18(8-11-22)12-20-16(23)13-4-2-3-5-14(13)25-18/h2-6,9H,7-8,10-12H2,1H3,(H,20,23). The van der Waals surface area contributed by atoms with Crippen molar-refractivity contribution >= 4 is 11.9 Å². The summed E-state index contributed by atoms with van der Waals surface area (Å²) in [4.78, 5) is 23.1. The zero-order valence-electron chi connectivity index (χ0n) is 14.1. The summed E-state index contributed by atoms with van der Waals surface area (Å²) in [6.45, 7) is 2.02. The molecule has 2 aliphatic heterocycles. The second-order valence-corrected chi connectivity index (χ2v) is 6.35. The van der Waals surface area contributed by atoms with Crippen LogP contribution >= 0.6 is 0 Å². The third kappa shape index (κ3) is 2.97. The molecule has 0 unspecified atom stereocenters. The number of hydrogen-bond acceptors (Lipinski definition) is 6. The van der Waals surface area contributed by atoms with Crippen molar-refractivity contribution in [2.75, 3.05) is 31.6 Å². The summed E-state index contributed by atoms with van der Waals surface area (Å²) in [6, 6.07) is 9.13. The SMILES string of the molecule is COc1ccnc(N2CCC3(CC2)CNC(=O)c2ccccc2O3)n1. The van der Waals surface area contributed by atoms with Gasteiger partial charge in [-0.3, -0.25) is 4.79 Å². The van der Waals surface area contributed by atoms with Gasteiger partial charge in [-0.1, -0.05) is 12.1 Å². The lowest BCUT2D eigenvalue weighted by Crippen LogP contribution is -2.53. The van der Waals surface area contributed by atoms with Gasteiger partial charge in [-0.05, 0) is 12.1 Å². The minimum atomic E-state index is -0.391. The summed E-state index contributed by atoms with van der Waals surface area (Å²) in [5, 5.41) is 3.00. The van der Waals surface area contributed by atoms with Gasteiger partial charge in [-0.15, -0.1) is 0 Å². The largest absolute Gasteiger partial charge is 0.484 e. The lowest BCUT2D eigenvalue weighted by Gasteiger charge is -2.41. The number of hydrogen-bond donors (Lipinski definition) is 1. The molecule has 1 aromatic carbocycles. The maximum Gasteiger partial charge on any atom is 0.255 e. The topological polar surface area (TPSA) is 76.6 Å². The van der Waals surface area contributed by atoms with E-state index in [1.807, 2.05) is 18.2 Å². The first-order valence-electron chi connectivity index (χ1n) is 8.37. The van der Waals surface area contributed by atoms with Crippen molar-refractivity contribution in [3.05, 3.63) is 42.1 Å². The van der Waals surface area contributed by atoms with Gasteiger partial charge in [0.1, 0.15) is 11.4 Å². The molecule has 0 radical (unpaired) electrons. The molecule has 2 aromatic rings. The monoisotopic (exact) mass is 340 g/mol. The van der Waals surface area contributed by atoms with Crippen LogP contribution in [0, 0.1) is 0 Å². The van der Waals surface area contributed by atoms with Gasteiger partial charge in [-0.2, -0.15) is 4.98 Å². The molecule has 0 atom stereocenters. The van der Waals surface area contributed by atoms with E-state index in [9.17, 15) is 4.79 Å². The maximum atomic E-state index is 12.3. The third-order valence-corrected chi connectivity index (χ3v) is 4.81. The fourth-order valence-corrected chi connectivity index (χ4v) is 3.34. The summed E-state index contributed by atoms with van der Waals surface area (Å²) in [6.07, 6.45) is 3.26. The Bertz CT molecular complexity index is 787. The highest BCUT2D eigenvalue weighted by Crippen LogP contribution is 2.33. The molecule has 1 spiro atoms. The quantitative estimate of drug-likeness (QED) is 0.896. The smallest absolute Gasteiger partial charge is 0.255 e. The number of rotatable bonds is 2. The van der Waals surface area contributed by atoms with E-state index in [1.165, 1.54) is 0 Å². The highest BCUT2D eigenvalue weighted by atomic mass is 16.5. The van der Waals surface area contributed by atoms with E-state index in [0.29, 0.717) is 29.7 Å². The Balaban J connectivity index is 1.52. The van der Waals surface area contributed by atoms with Crippen molar-refractivity contribution < 1.29 is 14.3 Å². The minimum Gasteiger partial charge on any atom is -0.484 e. The zero-order chi connectivity index (χ0) is 17.3. The number of fused-ring (bicyclic) bond motifs is 1. The molecular weight excluding hydrogens is 320 g/mol. The molecule has 1 saturated heterocycles. The number of carbonyl (C=O) groups is 1. The molecule has 25 heavy (non-hydrogen) atoms. The lowest BCUT2D eigenvalue weighted by molar-refractivity contribution is 0.0470. The normalized spacial score (nSPS) is 18.8. The van der Waals surface area contributed by atoms with Gasteiger partial charge in [0.15, 0.2) is 0 Å². The van der Waals surface area contributed by atoms with Gasteiger partial charge >= 0.3 is 0 Å². The molecule has 0 saturated carbocycles. The summed E-state index contributed by atoms with van der Waals surface area (Å²) in [7, 11) is 1.59. The van der Waals surface area contributed by atoms with Crippen molar-refractivity contribution in [1.82, 2.24) is 15.3 Å². The first-order valence-corrected chi connectivity index (χ1v) is 8.37. The van der Waals surface area contributed by atoms with Crippen LogP contribution in [-0.2, 0) is 0 Å². The van der Waals surface area contributed by atoms with E-state index in [2.05, 4.69) is 20.2 Å². The molecule has 7 heteroatoms. The molecule has 1 fully saturated rings. The van der Waals surface area contributed by atoms with Crippen LogP contribution in [0.5, 0.6) is 11.6 Å². The number of piperidine rings is 1. The molecular formula is C18H20N4O3. The number of anilines is 1. The van der Waals surface area contributed by atoms with Gasteiger partial charge in [-0.25, -0.2) is 4.98 Å². The van der Waals surface area contributed by atoms with E-state index < -0.39 is 5.60 Å². The molecule has 1 N–H and O–H groups in total. The number of methoxy groups -OCH3 is 1. The van der Waals surface area contributed by atoms with Gasteiger partial charge in [0.2, 0.25) is 11.8 Å². The Kier molecular flexibility index (Phi) is 3.91. The number of nitrogens with one attached hydrogen (secondary N) is 1. The Hall–Kier alpha value is -2.83. The molecule has 0 bridgehead atoms. The van der Waals surface area contributed by atoms with Crippen LogP contribution in [0.1, 0.15) is 23.2 Å². The average Bonchev–Trinajstić information content (AvgIpc) is 2.80. The first kappa shape index (κ1) is 15.7. The van der Waals surface area contributed by atoms with Crippen LogP contribution in [-0.4, -0.2) is 48.2 Å². The van der Waals surface area contributed by atoms with Gasteiger partial charge in [0.25, 0.3) is 5.91 Å². The molecule has 7 nitrogen and oxygen atoms in total. The summed E-state index contributed by atoms with van der Waals surface area (Å²) >= 11 is 0. The van der Waals surface area contributed by atoms with Crippen molar-refractivity contribution in [2.45, 2.75) is 18.4 Å².